The highest BCUT2D eigenvalue weighted by Crippen LogP contribution is 2.40. The van der Waals surface area contributed by atoms with Gasteiger partial charge in [0.25, 0.3) is 0 Å². The van der Waals surface area contributed by atoms with Gasteiger partial charge in [-0.05, 0) is 49.4 Å². The molecule has 3 rings (SSSR count). The molecule has 1 aromatic carbocycles. The smallest absolute Gasteiger partial charge is 0.338 e. The van der Waals surface area contributed by atoms with Gasteiger partial charge in [0, 0.05) is 21.1 Å². The molecule has 7 heteroatoms. The van der Waals surface area contributed by atoms with Crippen LogP contribution in [-0.2, 0) is 19.4 Å². The molecule has 0 radical (unpaired) electrons. The Balaban J connectivity index is 2.17. The van der Waals surface area contributed by atoms with Crippen molar-refractivity contribution in [3.8, 4) is 0 Å². The molecule has 1 aliphatic rings. The quantitative estimate of drug-likeness (QED) is 0.607. The average Bonchev–Trinajstić information content (AvgIpc) is 2.72. The standard InChI is InChI=1S/C15H13BrF5N/c16-9-5-6-13-11(7-9)10-3-1-2-4-12(10)22(13)8-14(17,18)15(19,20)21/h5-7H,1-4,8H2. The molecule has 1 aliphatic carbocycles. The Bertz CT molecular complexity index is 717. The number of benzene rings is 1. The van der Waals surface area contributed by atoms with Crippen molar-refractivity contribution in [2.24, 2.45) is 0 Å². The van der Waals surface area contributed by atoms with Gasteiger partial charge in [-0.25, -0.2) is 0 Å². The van der Waals surface area contributed by atoms with Crippen LogP contribution in [0.5, 0.6) is 0 Å². The van der Waals surface area contributed by atoms with Gasteiger partial charge in [-0.2, -0.15) is 22.0 Å². The van der Waals surface area contributed by atoms with Crippen molar-refractivity contribution >= 4 is 26.8 Å². The van der Waals surface area contributed by atoms with E-state index in [9.17, 15) is 22.0 Å². The molecule has 0 N–H and O–H groups in total. The lowest BCUT2D eigenvalue weighted by Crippen LogP contribution is -2.40. The Hall–Kier alpha value is -1.11. The van der Waals surface area contributed by atoms with E-state index >= 15 is 0 Å². The number of rotatable bonds is 2. The second-order valence-corrected chi connectivity index (χ2v) is 6.50. The van der Waals surface area contributed by atoms with Crippen molar-refractivity contribution in [1.29, 1.82) is 0 Å². The third-order valence-electron chi connectivity index (χ3n) is 4.11. The highest BCUT2D eigenvalue weighted by molar-refractivity contribution is 9.10. The van der Waals surface area contributed by atoms with Crippen molar-refractivity contribution < 1.29 is 22.0 Å². The van der Waals surface area contributed by atoms with Crippen LogP contribution in [-0.4, -0.2) is 16.7 Å². The van der Waals surface area contributed by atoms with Gasteiger partial charge in [-0.15, -0.1) is 0 Å². The minimum Gasteiger partial charge on any atom is -0.338 e. The maximum absolute atomic E-state index is 13.5. The summed E-state index contributed by atoms with van der Waals surface area (Å²) in [4.78, 5) is 0. The molecule has 2 aromatic rings. The van der Waals surface area contributed by atoms with Crippen LogP contribution in [0.3, 0.4) is 0 Å². The first-order valence-corrected chi connectivity index (χ1v) is 7.74. The summed E-state index contributed by atoms with van der Waals surface area (Å²) in [7, 11) is 0. The van der Waals surface area contributed by atoms with E-state index in [1.54, 1.807) is 18.2 Å². The summed E-state index contributed by atoms with van der Waals surface area (Å²) in [6, 6.07) is 5.06. The zero-order valence-electron chi connectivity index (χ0n) is 11.5. The average molecular weight is 382 g/mol. The fourth-order valence-corrected chi connectivity index (χ4v) is 3.44. The topological polar surface area (TPSA) is 4.93 Å². The first-order valence-electron chi connectivity index (χ1n) is 6.95. The summed E-state index contributed by atoms with van der Waals surface area (Å²) in [5.41, 5.74) is 1.96. The summed E-state index contributed by atoms with van der Waals surface area (Å²) >= 11 is 3.33. The molecular formula is C15H13BrF5N. The Morgan fingerprint density at radius 2 is 1.73 bits per heavy atom. The molecule has 1 aromatic heterocycles. The van der Waals surface area contributed by atoms with E-state index in [1.807, 2.05) is 0 Å². The minimum absolute atomic E-state index is 0.444. The summed E-state index contributed by atoms with van der Waals surface area (Å²) in [6.45, 7) is -1.36. The largest absolute Gasteiger partial charge is 0.455 e. The summed E-state index contributed by atoms with van der Waals surface area (Å²) in [5.74, 6) is -4.74. The second-order valence-electron chi connectivity index (χ2n) is 5.58. The van der Waals surface area contributed by atoms with Crippen molar-refractivity contribution in [1.82, 2.24) is 4.57 Å². The molecular weight excluding hydrogens is 369 g/mol. The van der Waals surface area contributed by atoms with E-state index in [2.05, 4.69) is 15.9 Å². The van der Waals surface area contributed by atoms with Gasteiger partial charge in [-0.1, -0.05) is 15.9 Å². The molecule has 22 heavy (non-hydrogen) atoms. The molecule has 0 aliphatic heterocycles. The van der Waals surface area contributed by atoms with Gasteiger partial charge in [-0.3, -0.25) is 0 Å². The number of hydrogen-bond acceptors (Lipinski definition) is 0. The maximum atomic E-state index is 13.5. The first kappa shape index (κ1) is 15.8. The van der Waals surface area contributed by atoms with E-state index in [4.69, 9.17) is 0 Å². The number of halogens is 6. The molecule has 1 nitrogen and oxygen atoms in total. The first-order chi connectivity index (χ1) is 10.2. The van der Waals surface area contributed by atoms with Gasteiger partial charge >= 0.3 is 12.1 Å². The molecule has 0 spiro atoms. The van der Waals surface area contributed by atoms with Gasteiger partial charge in [0.05, 0.1) is 6.54 Å². The summed E-state index contributed by atoms with van der Waals surface area (Å²) < 4.78 is 66.6. The van der Waals surface area contributed by atoms with Crippen molar-refractivity contribution in [3.63, 3.8) is 0 Å². The number of hydrogen-bond donors (Lipinski definition) is 0. The molecule has 0 atom stereocenters. The Morgan fingerprint density at radius 1 is 1.05 bits per heavy atom. The van der Waals surface area contributed by atoms with Crippen molar-refractivity contribution in [3.05, 3.63) is 33.9 Å². The van der Waals surface area contributed by atoms with E-state index < -0.39 is 18.6 Å². The van der Waals surface area contributed by atoms with Crippen LogP contribution >= 0.6 is 15.9 Å². The zero-order valence-corrected chi connectivity index (χ0v) is 13.1. The third kappa shape index (κ3) is 2.53. The van der Waals surface area contributed by atoms with Crippen LogP contribution in [0.4, 0.5) is 22.0 Å². The molecule has 0 bridgehead atoms. The van der Waals surface area contributed by atoms with Gasteiger partial charge < -0.3 is 4.57 Å². The fraction of sp³-hybridized carbons (Fsp3) is 0.467. The van der Waals surface area contributed by atoms with Crippen LogP contribution in [0.25, 0.3) is 10.9 Å². The number of nitrogens with zero attached hydrogens (tertiary/aromatic N) is 1. The molecule has 120 valence electrons. The number of aromatic nitrogens is 1. The monoisotopic (exact) mass is 381 g/mol. The van der Waals surface area contributed by atoms with E-state index in [0.29, 0.717) is 24.1 Å². The van der Waals surface area contributed by atoms with E-state index in [1.165, 1.54) is 0 Å². The highest BCUT2D eigenvalue weighted by Gasteiger charge is 2.57. The summed E-state index contributed by atoms with van der Waals surface area (Å²) in [6.07, 6.45) is -2.56. The zero-order chi connectivity index (χ0) is 16.1. The predicted octanol–water partition coefficient (Wildman–Crippen LogP) is 5.48. The Kier molecular flexibility index (Phi) is 3.74. The highest BCUT2D eigenvalue weighted by atomic mass is 79.9. The molecule has 0 fully saturated rings. The normalized spacial score (nSPS) is 16.1. The summed E-state index contributed by atoms with van der Waals surface area (Å²) in [5, 5.41) is 0.766. The fourth-order valence-electron chi connectivity index (χ4n) is 3.08. The van der Waals surface area contributed by atoms with Crippen molar-refractivity contribution in [2.75, 3.05) is 0 Å². The molecule has 0 saturated carbocycles. The Morgan fingerprint density at radius 3 is 2.41 bits per heavy atom. The van der Waals surface area contributed by atoms with Gasteiger partial charge in [0.15, 0.2) is 0 Å². The van der Waals surface area contributed by atoms with E-state index in [0.717, 1.165) is 32.8 Å². The maximum Gasteiger partial charge on any atom is 0.455 e. The van der Waals surface area contributed by atoms with E-state index in [-0.39, 0.29) is 0 Å². The van der Waals surface area contributed by atoms with Crippen LogP contribution in [0.2, 0.25) is 0 Å². The molecule has 0 unspecified atom stereocenters. The van der Waals surface area contributed by atoms with Gasteiger partial charge in [0.1, 0.15) is 0 Å². The SMILES string of the molecule is FC(F)(F)C(F)(F)Cn1c2c(c3cc(Br)ccc31)CCCC2. The lowest BCUT2D eigenvalue weighted by molar-refractivity contribution is -0.286. The van der Waals surface area contributed by atoms with Crippen LogP contribution in [0.1, 0.15) is 24.1 Å². The number of alkyl halides is 5. The number of fused-ring (bicyclic) bond motifs is 3. The van der Waals surface area contributed by atoms with Crippen LogP contribution in [0.15, 0.2) is 22.7 Å². The minimum atomic E-state index is -5.54. The van der Waals surface area contributed by atoms with Gasteiger partial charge in [0.2, 0.25) is 0 Å². The second kappa shape index (κ2) is 5.22. The molecule has 0 saturated heterocycles. The van der Waals surface area contributed by atoms with Crippen LogP contribution in [0, 0.1) is 0 Å². The lowest BCUT2D eigenvalue weighted by Gasteiger charge is -2.23. The molecule has 1 heterocycles. The van der Waals surface area contributed by atoms with Crippen LogP contribution < -0.4 is 0 Å². The third-order valence-corrected chi connectivity index (χ3v) is 4.60. The lowest BCUT2D eigenvalue weighted by atomic mass is 9.95. The molecule has 0 amide bonds. The predicted molar refractivity (Wildman–Crippen MR) is 77.3 cm³/mol. The number of aryl methyl sites for hydroxylation is 1. The Labute approximate surface area is 132 Å². The van der Waals surface area contributed by atoms with Crippen molar-refractivity contribution in [2.45, 2.75) is 44.3 Å².